The topological polar surface area (TPSA) is 126 Å². The molecule has 3 aromatic rings. The van der Waals surface area contributed by atoms with Crippen LogP contribution in [0.5, 0.6) is 0 Å². The Morgan fingerprint density at radius 2 is 1.90 bits per heavy atom. The van der Waals surface area contributed by atoms with Gasteiger partial charge in [0.2, 0.25) is 14.2 Å². The van der Waals surface area contributed by atoms with Gasteiger partial charge >= 0.3 is 6.03 Å². The van der Waals surface area contributed by atoms with Gasteiger partial charge < -0.3 is 20.3 Å². The van der Waals surface area contributed by atoms with Crippen molar-refractivity contribution in [3.8, 4) is 11.4 Å². The first-order valence-corrected chi connectivity index (χ1v) is 15.5. The van der Waals surface area contributed by atoms with E-state index in [1.807, 2.05) is 12.1 Å². The van der Waals surface area contributed by atoms with Crippen molar-refractivity contribution in [2.24, 2.45) is 0 Å². The highest BCUT2D eigenvalue weighted by Gasteiger charge is 2.42. The highest BCUT2D eigenvalue weighted by atomic mass is 32.2. The third-order valence-electron chi connectivity index (χ3n) is 7.33. The first-order chi connectivity index (χ1) is 18.5. The molecule has 3 heterocycles. The third kappa shape index (κ3) is 5.64. The second-order valence-electron chi connectivity index (χ2n) is 10.6. The van der Waals surface area contributed by atoms with Gasteiger partial charge in [0.15, 0.2) is 5.82 Å². The summed E-state index contributed by atoms with van der Waals surface area (Å²) < 4.78 is 31.8. The minimum absolute atomic E-state index is 0.0661. The molecule has 1 saturated carbocycles. The quantitative estimate of drug-likeness (QED) is 0.425. The Morgan fingerprint density at radius 1 is 1.15 bits per heavy atom. The maximum absolute atomic E-state index is 13.7. The monoisotopic (exact) mass is 570 g/mol. The molecule has 12 heteroatoms. The number of morpholine rings is 1. The first-order valence-electron chi connectivity index (χ1n) is 13.1. The lowest BCUT2D eigenvalue weighted by atomic mass is 9.93. The smallest absolute Gasteiger partial charge is 0.319 e. The van der Waals surface area contributed by atoms with Crippen LogP contribution in [0.15, 0.2) is 40.1 Å². The molecule has 5 rings (SSSR count). The summed E-state index contributed by atoms with van der Waals surface area (Å²) in [5.41, 5.74) is 2.41. The second kappa shape index (κ2) is 10.8. The van der Waals surface area contributed by atoms with Crippen molar-refractivity contribution in [2.75, 3.05) is 30.0 Å². The molecule has 208 valence electrons. The van der Waals surface area contributed by atoms with Crippen molar-refractivity contribution in [1.82, 2.24) is 20.3 Å². The van der Waals surface area contributed by atoms with Gasteiger partial charge in [0.25, 0.3) is 0 Å². The zero-order chi connectivity index (χ0) is 27.8. The number of nitrogens with one attached hydrogen (secondary N) is 2. The van der Waals surface area contributed by atoms with E-state index in [4.69, 9.17) is 14.7 Å². The Bertz CT molecular complexity index is 1450. The van der Waals surface area contributed by atoms with Gasteiger partial charge in [-0.25, -0.2) is 28.2 Å². The van der Waals surface area contributed by atoms with Gasteiger partial charge in [-0.1, -0.05) is 0 Å². The second-order valence-corrected chi connectivity index (χ2v) is 14.2. The lowest BCUT2D eigenvalue weighted by Crippen LogP contribution is -2.44. The summed E-state index contributed by atoms with van der Waals surface area (Å²) in [7, 11) is -3.84. The Morgan fingerprint density at radius 3 is 2.51 bits per heavy atom. The highest BCUT2D eigenvalue weighted by Crippen LogP contribution is 2.37. The fourth-order valence-corrected chi connectivity index (χ4v) is 7.38. The highest BCUT2D eigenvalue weighted by molar-refractivity contribution is 7.94. The van der Waals surface area contributed by atoms with E-state index >= 15 is 0 Å². The van der Waals surface area contributed by atoms with Crippen LogP contribution in [0.1, 0.15) is 51.4 Å². The molecule has 1 aliphatic carbocycles. The van der Waals surface area contributed by atoms with E-state index in [0.29, 0.717) is 54.0 Å². The normalized spacial score (nSPS) is 18.5. The molecule has 0 radical (unpaired) electrons. The number of aromatic nitrogens is 3. The SMILES string of the molecule is Cc1csc(S(=O)(=O)C(C)(C)c2cc(N3CCOC[C@@H]3C)nc(-c3ccc(NC(=O)NC4CCC4)cc3)n2)n1. The van der Waals surface area contributed by atoms with E-state index in [2.05, 4.69) is 27.4 Å². The summed E-state index contributed by atoms with van der Waals surface area (Å²) in [6.07, 6.45) is 3.17. The number of hydrogen-bond acceptors (Lipinski definition) is 9. The molecule has 0 unspecified atom stereocenters. The number of amides is 2. The van der Waals surface area contributed by atoms with Crippen LogP contribution in [0.3, 0.4) is 0 Å². The van der Waals surface area contributed by atoms with Gasteiger partial charge in [0.1, 0.15) is 10.6 Å². The van der Waals surface area contributed by atoms with Crippen LogP contribution < -0.4 is 15.5 Å². The summed E-state index contributed by atoms with van der Waals surface area (Å²) in [6.45, 7) is 8.89. The number of aryl methyl sites for hydroxylation is 1. The number of ether oxygens (including phenoxy) is 1. The zero-order valence-electron chi connectivity index (χ0n) is 22.6. The third-order valence-corrected chi connectivity index (χ3v) is 11.1. The van der Waals surface area contributed by atoms with Crippen LogP contribution in [0.25, 0.3) is 11.4 Å². The molecule has 10 nitrogen and oxygen atoms in total. The number of sulfone groups is 1. The van der Waals surface area contributed by atoms with E-state index in [9.17, 15) is 13.2 Å². The molecule has 1 aliphatic heterocycles. The standard InChI is InChI=1S/C27H34N6O4S2/c1-17-16-38-26(28-17)39(35,36)27(3,4)22-14-23(33-12-13-37-15-18(33)2)32-24(31-22)19-8-10-21(11-9-19)30-25(34)29-20-6-5-7-20/h8-11,14,16,18,20H,5-7,12-13,15H2,1-4H3,(H2,29,30,34)/t18-/m0/s1. The van der Waals surface area contributed by atoms with Crippen molar-refractivity contribution in [3.05, 3.63) is 47.1 Å². The van der Waals surface area contributed by atoms with Gasteiger partial charge in [-0.3, -0.25) is 0 Å². The van der Waals surface area contributed by atoms with E-state index in [-0.39, 0.29) is 22.5 Å². The number of nitrogens with zero attached hydrogens (tertiary/aromatic N) is 4. The van der Waals surface area contributed by atoms with Crippen molar-refractivity contribution < 1.29 is 17.9 Å². The predicted octanol–water partition coefficient (Wildman–Crippen LogP) is 4.52. The molecule has 2 aliphatic rings. The van der Waals surface area contributed by atoms with Crippen LogP contribution in [0.4, 0.5) is 16.3 Å². The first kappa shape index (κ1) is 27.5. The van der Waals surface area contributed by atoms with Gasteiger partial charge in [-0.05, 0) is 71.2 Å². The molecule has 1 saturated heterocycles. The molecule has 0 spiro atoms. The fourth-order valence-electron chi connectivity index (χ4n) is 4.51. The molecule has 2 fully saturated rings. The molecule has 2 N–H and O–H groups in total. The molecule has 39 heavy (non-hydrogen) atoms. The van der Waals surface area contributed by atoms with Crippen LogP contribution in [-0.4, -0.2) is 61.2 Å². The average Bonchev–Trinajstić information content (AvgIpc) is 3.33. The van der Waals surface area contributed by atoms with E-state index in [1.54, 1.807) is 44.4 Å². The van der Waals surface area contributed by atoms with Crippen LogP contribution in [0.2, 0.25) is 0 Å². The van der Waals surface area contributed by atoms with Crippen LogP contribution in [0, 0.1) is 6.92 Å². The lowest BCUT2D eigenvalue weighted by Gasteiger charge is -2.35. The number of urea groups is 1. The van der Waals surface area contributed by atoms with Gasteiger partial charge in [0, 0.05) is 41.0 Å². The maximum Gasteiger partial charge on any atom is 0.319 e. The van der Waals surface area contributed by atoms with Crippen molar-refractivity contribution >= 4 is 38.7 Å². The lowest BCUT2D eigenvalue weighted by molar-refractivity contribution is 0.0985. The minimum Gasteiger partial charge on any atom is -0.377 e. The van der Waals surface area contributed by atoms with Gasteiger partial charge in [0.05, 0.1) is 24.9 Å². The summed E-state index contributed by atoms with van der Waals surface area (Å²) in [5.74, 6) is 1.05. The largest absolute Gasteiger partial charge is 0.377 e. The summed E-state index contributed by atoms with van der Waals surface area (Å²) in [4.78, 5) is 28.3. The van der Waals surface area contributed by atoms with Crippen molar-refractivity contribution in [2.45, 2.75) is 68.1 Å². The van der Waals surface area contributed by atoms with Crippen molar-refractivity contribution in [3.63, 3.8) is 0 Å². The van der Waals surface area contributed by atoms with Gasteiger partial charge in [-0.2, -0.15) is 0 Å². The predicted molar refractivity (Wildman–Crippen MR) is 152 cm³/mol. The molecular weight excluding hydrogens is 536 g/mol. The van der Waals surface area contributed by atoms with E-state index < -0.39 is 14.6 Å². The zero-order valence-corrected chi connectivity index (χ0v) is 24.2. The molecule has 2 aromatic heterocycles. The number of carbonyl (C=O) groups excluding carboxylic acids is 1. The Kier molecular flexibility index (Phi) is 7.62. The molecule has 1 aromatic carbocycles. The summed E-state index contributed by atoms with van der Waals surface area (Å²) in [5, 5.41) is 7.56. The van der Waals surface area contributed by atoms with E-state index in [1.165, 1.54) is 0 Å². The molecule has 1 atom stereocenters. The number of benzene rings is 1. The Balaban J connectivity index is 1.50. The summed E-state index contributed by atoms with van der Waals surface area (Å²) in [6, 6.07) is 9.10. The fraction of sp³-hybridized carbons (Fsp3) is 0.481. The average molecular weight is 571 g/mol. The maximum atomic E-state index is 13.7. The van der Waals surface area contributed by atoms with E-state index in [0.717, 1.165) is 30.6 Å². The number of rotatable bonds is 7. The number of anilines is 2. The molecule has 2 amide bonds. The summed E-state index contributed by atoms with van der Waals surface area (Å²) >= 11 is 1.12. The number of hydrogen-bond donors (Lipinski definition) is 2. The van der Waals surface area contributed by atoms with Crippen molar-refractivity contribution in [1.29, 1.82) is 0 Å². The molecular formula is C27H34N6O4S2. The van der Waals surface area contributed by atoms with Crippen LogP contribution >= 0.6 is 11.3 Å². The Hall–Kier alpha value is -3.09. The minimum atomic E-state index is -3.84. The number of thiazole rings is 1. The van der Waals surface area contributed by atoms with Crippen LogP contribution in [-0.2, 0) is 19.3 Å². The number of carbonyl (C=O) groups is 1. The molecule has 0 bridgehead atoms. The van der Waals surface area contributed by atoms with Gasteiger partial charge in [-0.15, -0.1) is 11.3 Å². The Labute approximate surface area is 233 Å².